The maximum atomic E-state index is 10.7. The fourth-order valence-corrected chi connectivity index (χ4v) is 0.860. The van der Waals surface area contributed by atoms with Crippen molar-refractivity contribution in [1.82, 2.24) is 10.6 Å². The number of carbonyl (C=O) groups is 1. The van der Waals surface area contributed by atoms with Crippen molar-refractivity contribution in [1.29, 1.82) is 0 Å². The summed E-state index contributed by atoms with van der Waals surface area (Å²) >= 11 is 0. The lowest BCUT2D eigenvalue weighted by Crippen LogP contribution is -2.33. The van der Waals surface area contributed by atoms with Crippen LogP contribution in [-0.2, 0) is 4.79 Å². The van der Waals surface area contributed by atoms with Gasteiger partial charge in [0.05, 0.1) is 0 Å². The number of hydrogen-bond acceptors (Lipinski definition) is 2. The monoisotopic (exact) mass is 128 g/mol. The second-order valence-corrected chi connectivity index (χ2v) is 2.41. The lowest BCUT2D eigenvalue weighted by atomic mass is 10.3. The summed E-state index contributed by atoms with van der Waals surface area (Å²) in [6.45, 7) is 3.64. The lowest BCUT2D eigenvalue weighted by molar-refractivity contribution is -0.120. The first-order valence-electron chi connectivity index (χ1n) is 3.29. The van der Waals surface area contributed by atoms with E-state index in [9.17, 15) is 4.79 Å². The van der Waals surface area contributed by atoms with Crippen molar-refractivity contribution in [3.63, 3.8) is 0 Å². The number of nitrogens with one attached hydrogen (secondary N) is 2. The largest absolute Gasteiger partial charge is 0.355 e. The van der Waals surface area contributed by atoms with Crippen LogP contribution in [0.15, 0.2) is 0 Å². The molecule has 0 aromatic rings. The normalized spacial score (nSPS) is 29.0. The SMILES string of the molecule is CC1CNC(=O)CCN1. The van der Waals surface area contributed by atoms with E-state index < -0.39 is 0 Å². The third kappa shape index (κ3) is 2.01. The minimum Gasteiger partial charge on any atom is -0.355 e. The van der Waals surface area contributed by atoms with Gasteiger partial charge in [-0.15, -0.1) is 0 Å². The molecule has 0 spiro atoms. The summed E-state index contributed by atoms with van der Waals surface area (Å²) in [5.74, 6) is 0.159. The van der Waals surface area contributed by atoms with Crippen LogP contribution >= 0.6 is 0 Å². The summed E-state index contributed by atoms with van der Waals surface area (Å²) in [7, 11) is 0. The molecule has 2 N–H and O–H groups in total. The van der Waals surface area contributed by atoms with E-state index in [4.69, 9.17) is 0 Å². The van der Waals surface area contributed by atoms with E-state index in [-0.39, 0.29) is 5.91 Å². The standard InChI is InChI=1S/C6H12N2O/c1-5-4-8-6(9)2-3-7-5/h5,7H,2-4H2,1H3,(H,8,9). The predicted octanol–water partition coefficient (Wildman–Crippen LogP) is -0.516. The quantitative estimate of drug-likeness (QED) is 0.461. The van der Waals surface area contributed by atoms with Gasteiger partial charge in [-0.25, -0.2) is 0 Å². The van der Waals surface area contributed by atoms with Gasteiger partial charge in [0.2, 0.25) is 5.91 Å². The van der Waals surface area contributed by atoms with Crippen molar-refractivity contribution >= 4 is 5.91 Å². The summed E-state index contributed by atoms with van der Waals surface area (Å²) in [4.78, 5) is 10.7. The van der Waals surface area contributed by atoms with E-state index in [0.29, 0.717) is 12.5 Å². The van der Waals surface area contributed by atoms with Crippen LogP contribution in [0.4, 0.5) is 0 Å². The average Bonchev–Trinajstić information content (AvgIpc) is 1.97. The minimum absolute atomic E-state index is 0.159. The Morgan fingerprint density at radius 2 is 2.44 bits per heavy atom. The highest BCUT2D eigenvalue weighted by Gasteiger charge is 2.09. The number of amides is 1. The molecule has 0 aromatic carbocycles. The Balaban J connectivity index is 2.34. The molecule has 1 aliphatic heterocycles. The Kier molecular flexibility index (Phi) is 2.05. The summed E-state index contributed by atoms with van der Waals surface area (Å²) in [6, 6.07) is 0.427. The Hall–Kier alpha value is -0.570. The van der Waals surface area contributed by atoms with Crippen LogP contribution in [0.2, 0.25) is 0 Å². The molecule has 3 heteroatoms. The first-order valence-corrected chi connectivity index (χ1v) is 3.29. The van der Waals surface area contributed by atoms with Crippen molar-refractivity contribution < 1.29 is 4.79 Å². The molecule has 52 valence electrons. The molecule has 0 saturated carbocycles. The molecule has 1 fully saturated rings. The van der Waals surface area contributed by atoms with E-state index in [1.165, 1.54) is 0 Å². The average molecular weight is 128 g/mol. The number of hydrogen-bond donors (Lipinski definition) is 2. The smallest absolute Gasteiger partial charge is 0.221 e. The van der Waals surface area contributed by atoms with E-state index >= 15 is 0 Å². The third-order valence-electron chi connectivity index (χ3n) is 1.45. The molecule has 1 rings (SSSR count). The number of carbonyl (C=O) groups excluding carboxylic acids is 1. The summed E-state index contributed by atoms with van der Waals surface area (Å²) in [6.07, 6.45) is 0.615. The van der Waals surface area contributed by atoms with E-state index in [1.54, 1.807) is 0 Å². The first-order chi connectivity index (χ1) is 4.29. The zero-order valence-electron chi connectivity index (χ0n) is 5.61. The van der Waals surface area contributed by atoms with Crippen molar-refractivity contribution in [3.8, 4) is 0 Å². The molecule has 0 aromatic heterocycles. The Labute approximate surface area is 54.8 Å². The predicted molar refractivity (Wildman–Crippen MR) is 35.1 cm³/mol. The highest BCUT2D eigenvalue weighted by molar-refractivity contribution is 5.76. The first kappa shape index (κ1) is 6.55. The molecule has 1 unspecified atom stereocenters. The summed E-state index contributed by atoms with van der Waals surface area (Å²) in [5, 5.41) is 5.98. The number of rotatable bonds is 0. The highest BCUT2D eigenvalue weighted by atomic mass is 16.1. The van der Waals surface area contributed by atoms with Gasteiger partial charge in [0.25, 0.3) is 0 Å². The topological polar surface area (TPSA) is 41.1 Å². The molecule has 0 radical (unpaired) electrons. The van der Waals surface area contributed by atoms with Crippen LogP contribution in [-0.4, -0.2) is 25.0 Å². The molecule has 1 aliphatic rings. The Morgan fingerprint density at radius 1 is 1.67 bits per heavy atom. The summed E-state index contributed by atoms with van der Waals surface area (Å²) in [5.41, 5.74) is 0. The lowest BCUT2D eigenvalue weighted by Gasteiger charge is -2.06. The van der Waals surface area contributed by atoms with Crippen LogP contribution < -0.4 is 10.6 Å². The third-order valence-corrected chi connectivity index (χ3v) is 1.45. The van der Waals surface area contributed by atoms with Crippen molar-refractivity contribution in [3.05, 3.63) is 0 Å². The van der Waals surface area contributed by atoms with Crippen LogP contribution in [0.3, 0.4) is 0 Å². The maximum absolute atomic E-state index is 10.7. The molecule has 1 atom stereocenters. The van der Waals surface area contributed by atoms with E-state index in [2.05, 4.69) is 17.6 Å². The van der Waals surface area contributed by atoms with Crippen LogP contribution in [0.5, 0.6) is 0 Å². The Morgan fingerprint density at radius 3 is 3.22 bits per heavy atom. The van der Waals surface area contributed by atoms with Gasteiger partial charge in [-0.2, -0.15) is 0 Å². The molecule has 0 bridgehead atoms. The highest BCUT2D eigenvalue weighted by Crippen LogP contribution is 1.87. The fourth-order valence-electron chi connectivity index (χ4n) is 0.860. The molecular formula is C6H12N2O. The van der Waals surface area contributed by atoms with E-state index in [1.807, 2.05) is 0 Å². The van der Waals surface area contributed by atoms with Crippen LogP contribution in [0.1, 0.15) is 13.3 Å². The molecule has 3 nitrogen and oxygen atoms in total. The Bertz CT molecular complexity index is 114. The van der Waals surface area contributed by atoms with Gasteiger partial charge in [0.1, 0.15) is 0 Å². The van der Waals surface area contributed by atoms with Crippen LogP contribution in [0, 0.1) is 0 Å². The van der Waals surface area contributed by atoms with E-state index in [0.717, 1.165) is 13.1 Å². The minimum atomic E-state index is 0.159. The van der Waals surface area contributed by atoms with Gasteiger partial charge < -0.3 is 10.6 Å². The zero-order chi connectivity index (χ0) is 6.69. The molecule has 0 aliphatic carbocycles. The van der Waals surface area contributed by atoms with Crippen LogP contribution in [0.25, 0.3) is 0 Å². The molecule has 1 saturated heterocycles. The fraction of sp³-hybridized carbons (Fsp3) is 0.833. The zero-order valence-corrected chi connectivity index (χ0v) is 5.61. The van der Waals surface area contributed by atoms with Crippen molar-refractivity contribution in [2.45, 2.75) is 19.4 Å². The summed E-state index contributed by atoms with van der Waals surface area (Å²) < 4.78 is 0. The van der Waals surface area contributed by atoms with Gasteiger partial charge in [0, 0.05) is 25.6 Å². The molecule has 9 heavy (non-hydrogen) atoms. The van der Waals surface area contributed by atoms with Gasteiger partial charge in [-0.3, -0.25) is 4.79 Å². The second kappa shape index (κ2) is 2.82. The van der Waals surface area contributed by atoms with Gasteiger partial charge in [-0.05, 0) is 6.92 Å². The van der Waals surface area contributed by atoms with Gasteiger partial charge in [0.15, 0.2) is 0 Å². The maximum Gasteiger partial charge on any atom is 0.221 e. The van der Waals surface area contributed by atoms with Crippen molar-refractivity contribution in [2.24, 2.45) is 0 Å². The molecule has 1 amide bonds. The van der Waals surface area contributed by atoms with Gasteiger partial charge in [-0.1, -0.05) is 0 Å². The molecular weight excluding hydrogens is 116 g/mol. The molecule has 1 heterocycles. The second-order valence-electron chi connectivity index (χ2n) is 2.41. The van der Waals surface area contributed by atoms with Gasteiger partial charge >= 0.3 is 0 Å². The van der Waals surface area contributed by atoms with Crippen molar-refractivity contribution in [2.75, 3.05) is 13.1 Å².